The van der Waals surface area contributed by atoms with Crippen LogP contribution in [0.3, 0.4) is 0 Å². The number of rotatable bonds is 1. The van der Waals surface area contributed by atoms with Gasteiger partial charge in [-0.25, -0.2) is 0 Å². The van der Waals surface area contributed by atoms with Crippen molar-refractivity contribution in [3.63, 3.8) is 0 Å². The van der Waals surface area contributed by atoms with Crippen LogP contribution >= 0.6 is 0 Å². The summed E-state index contributed by atoms with van der Waals surface area (Å²) in [5, 5.41) is 1.15. The number of likely N-dealkylation sites (tertiary alicyclic amines) is 1. The molecule has 0 aliphatic carbocycles. The number of H-pyrrole nitrogens is 1. The molecule has 1 N–H and O–H groups in total. The van der Waals surface area contributed by atoms with E-state index in [0.717, 1.165) is 35.9 Å². The summed E-state index contributed by atoms with van der Waals surface area (Å²) in [5.41, 5.74) is 1.79. The maximum absolute atomic E-state index is 12.5. The summed E-state index contributed by atoms with van der Waals surface area (Å²) in [6.07, 6.45) is 4.09. The molecule has 0 saturated carbocycles. The number of aromatic nitrogens is 1. The molecule has 1 aromatic heterocycles. The number of hydrogen-bond donors (Lipinski definition) is 1. The summed E-state index contributed by atoms with van der Waals surface area (Å²) in [4.78, 5) is 17.7. The molecule has 94 valence electrons. The van der Waals surface area contributed by atoms with Crippen molar-refractivity contribution in [3.05, 3.63) is 36.0 Å². The van der Waals surface area contributed by atoms with E-state index in [-0.39, 0.29) is 11.4 Å². The van der Waals surface area contributed by atoms with Crippen LogP contribution in [-0.2, 0) is 0 Å². The third-order valence-corrected chi connectivity index (χ3v) is 3.95. The fourth-order valence-corrected chi connectivity index (χ4v) is 2.82. The maximum atomic E-state index is 12.5. The SMILES string of the molecule is CC1(C)CCCN1C(=O)c1ccc2cc[nH]c2c1. The molecule has 1 aromatic carbocycles. The van der Waals surface area contributed by atoms with Crippen molar-refractivity contribution in [1.29, 1.82) is 0 Å². The van der Waals surface area contributed by atoms with Crippen molar-refractivity contribution in [1.82, 2.24) is 9.88 Å². The smallest absolute Gasteiger partial charge is 0.254 e. The van der Waals surface area contributed by atoms with E-state index in [4.69, 9.17) is 0 Å². The van der Waals surface area contributed by atoms with Crippen LogP contribution in [0.4, 0.5) is 0 Å². The van der Waals surface area contributed by atoms with Crippen molar-refractivity contribution in [2.75, 3.05) is 6.54 Å². The lowest BCUT2D eigenvalue weighted by atomic mass is 10.0. The normalized spacial score (nSPS) is 18.4. The first-order chi connectivity index (χ1) is 8.58. The fraction of sp³-hybridized carbons (Fsp3) is 0.400. The van der Waals surface area contributed by atoms with Gasteiger partial charge in [-0.1, -0.05) is 6.07 Å². The van der Waals surface area contributed by atoms with Crippen molar-refractivity contribution < 1.29 is 4.79 Å². The van der Waals surface area contributed by atoms with Crippen LogP contribution in [0.15, 0.2) is 30.5 Å². The van der Waals surface area contributed by atoms with E-state index in [1.165, 1.54) is 0 Å². The van der Waals surface area contributed by atoms with Gasteiger partial charge in [0.15, 0.2) is 0 Å². The minimum Gasteiger partial charge on any atom is -0.361 e. The Labute approximate surface area is 107 Å². The predicted octanol–water partition coefficient (Wildman–Crippen LogP) is 3.18. The largest absolute Gasteiger partial charge is 0.361 e. The molecule has 0 spiro atoms. The van der Waals surface area contributed by atoms with Crippen molar-refractivity contribution in [3.8, 4) is 0 Å². The molecular weight excluding hydrogens is 224 g/mol. The Hall–Kier alpha value is -1.77. The monoisotopic (exact) mass is 242 g/mol. The Morgan fingerprint density at radius 2 is 2.17 bits per heavy atom. The van der Waals surface area contributed by atoms with Gasteiger partial charge in [0.25, 0.3) is 5.91 Å². The van der Waals surface area contributed by atoms with E-state index in [1.54, 1.807) is 0 Å². The van der Waals surface area contributed by atoms with Crippen molar-refractivity contribution in [2.24, 2.45) is 0 Å². The fourth-order valence-electron chi connectivity index (χ4n) is 2.82. The zero-order valence-corrected chi connectivity index (χ0v) is 10.9. The van der Waals surface area contributed by atoms with Crippen molar-refractivity contribution in [2.45, 2.75) is 32.2 Å². The minimum absolute atomic E-state index is 0.0121. The number of amides is 1. The van der Waals surface area contributed by atoms with E-state index in [0.29, 0.717) is 0 Å². The summed E-state index contributed by atoms with van der Waals surface area (Å²) < 4.78 is 0. The van der Waals surface area contributed by atoms with E-state index in [1.807, 2.05) is 35.4 Å². The topological polar surface area (TPSA) is 36.1 Å². The van der Waals surface area contributed by atoms with E-state index in [2.05, 4.69) is 18.8 Å². The third kappa shape index (κ3) is 1.70. The molecule has 1 fully saturated rings. The van der Waals surface area contributed by atoms with Gasteiger partial charge in [-0.05, 0) is 50.3 Å². The number of aromatic amines is 1. The molecule has 1 aliphatic rings. The molecule has 0 atom stereocenters. The van der Waals surface area contributed by atoms with Crippen LogP contribution in [0.5, 0.6) is 0 Å². The highest BCUT2D eigenvalue weighted by molar-refractivity contribution is 5.98. The van der Waals surface area contributed by atoms with Crippen LogP contribution in [0.1, 0.15) is 37.0 Å². The number of fused-ring (bicyclic) bond motifs is 1. The molecule has 0 radical (unpaired) electrons. The molecule has 3 rings (SSSR count). The van der Waals surface area contributed by atoms with Gasteiger partial charge in [-0.3, -0.25) is 4.79 Å². The van der Waals surface area contributed by atoms with Crippen LogP contribution in [-0.4, -0.2) is 27.9 Å². The first-order valence-electron chi connectivity index (χ1n) is 6.47. The van der Waals surface area contributed by atoms with Gasteiger partial charge in [0.2, 0.25) is 0 Å². The van der Waals surface area contributed by atoms with Crippen LogP contribution in [0, 0.1) is 0 Å². The van der Waals surface area contributed by atoms with E-state index in [9.17, 15) is 4.79 Å². The molecule has 2 aromatic rings. The lowest BCUT2D eigenvalue weighted by Gasteiger charge is -2.31. The number of carbonyl (C=O) groups is 1. The van der Waals surface area contributed by atoms with Crippen molar-refractivity contribution >= 4 is 16.8 Å². The summed E-state index contributed by atoms with van der Waals surface area (Å²) in [6.45, 7) is 5.16. The number of hydrogen-bond acceptors (Lipinski definition) is 1. The quantitative estimate of drug-likeness (QED) is 0.819. The average Bonchev–Trinajstić information content (AvgIpc) is 2.92. The molecule has 3 nitrogen and oxygen atoms in total. The minimum atomic E-state index is -0.0121. The van der Waals surface area contributed by atoms with E-state index < -0.39 is 0 Å². The molecule has 1 amide bonds. The number of benzene rings is 1. The Bertz CT molecular complexity index is 597. The molecule has 3 heteroatoms. The summed E-state index contributed by atoms with van der Waals surface area (Å²) in [5.74, 6) is 0.147. The molecule has 0 unspecified atom stereocenters. The van der Waals surface area contributed by atoms with Crippen LogP contribution < -0.4 is 0 Å². The zero-order valence-electron chi connectivity index (χ0n) is 10.9. The van der Waals surface area contributed by atoms with Crippen LogP contribution in [0.25, 0.3) is 10.9 Å². The first kappa shape index (κ1) is 11.3. The van der Waals surface area contributed by atoms with Gasteiger partial charge in [0.05, 0.1) is 0 Å². The lowest BCUT2D eigenvalue weighted by Crippen LogP contribution is -2.42. The Morgan fingerprint density at radius 3 is 2.89 bits per heavy atom. The van der Waals surface area contributed by atoms with Gasteiger partial charge in [0.1, 0.15) is 0 Å². The second-order valence-corrected chi connectivity index (χ2v) is 5.65. The Balaban J connectivity index is 1.96. The molecular formula is C15H18N2O. The molecule has 18 heavy (non-hydrogen) atoms. The van der Waals surface area contributed by atoms with Gasteiger partial charge >= 0.3 is 0 Å². The predicted molar refractivity (Wildman–Crippen MR) is 72.6 cm³/mol. The van der Waals surface area contributed by atoms with E-state index >= 15 is 0 Å². The lowest BCUT2D eigenvalue weighted by molar-refractivity contribution is 0.0652. The highest BCUT2D eigenvalue weighted by atomic mass is 16.2. The molecule has 1 saturated heterocycles. The summed E-state index contributed by atoms with van der Waals surface area (Å²) in [6, 6.07) is 7.89. The second kappa shape index (κ2) is 3.87. The highest BCUT2D eigenvalue weighted by Crippen LogP contribution is 2.30. The van der Waals surface area contributed by atoms with Gasteiger partial charge < -0.3 is 9.88 Å². The highest BCUT2D eigenvalue weighted by Gasteiger charge is 2.35. The number of nitrogens with zero attached hydrogens (tertiary/aromatic N) is 1. The van der Waals surface area contributed by atoms with Crippen LogP contribution in [0.2, 0.25) is 0 Å². The zero-order chi connectivity index (χ0) is 12.8. The standard InChI is InChI=1S/C15H18N2O/c1-15(2)7-3-9-17(15)14(18)12-5-4-11-6-8-16-13(11)10-12/h4-6,8,10,16H,3,7,9H2,1-2H3. The average molecular weight is 242 g/mol. The number of carbonyl (C=O) groups excluding carboxylic acids is 1. The second-order valence-electron chi connectivity index (χ2n) is 5.65. The van der Waals surface area contributed by atoms with Gasteiger partial charge in [0, 0.05) is 29.4 Å². The maximum Gasteiger partial charge on any atom is 0.254 e. The molecule has 0 bridgehead atoms. The molecule has 2 heterocycles. The summed E-state index contributed by atoms with van der Waals surface area (Å²) in [7, 11) is 0. The van der Waals surface area contributed by atoms with Gasteiger partial charge in [-0.2, -0.15) is 0 Å². The number of nitrogens with one attached hydrogen (secondary N) is 1. The third-order valence-electron chi connectivity index (χ3n) is 3.95. The van der Waals surface area contributed by atoms with Gasteiger partial charge in [-0.15, -0.1) is 0 Å². The Kier molecular flexibility index (Phi) is 2.44. The summed E-state index contributed by atoms with van der Waals surface area (Å²) >= 11 is 0. The Morgan fingerprint density at radius 1 is 1.33 bits per heavy atom. The first-order valence-corrected chi connectivity index (χ1v) is 6.47. The molecule has 1 aliphatic heterocycles.